The van der Waals surface area contributed by atoms with E-state index in [9.17, 15) is 9.59 Å². The molecule has 2 fully saturated rings. The molecular formula is C22H27N3O4S. The highest BCUT2D eigenvalue weighted by Gasteiger charge is 2.31. The molecule has 30 heavy (non-hydrogen) atoms. The summed E-state index contributed by atoms with van der Waals surface area (Å²) >= 11 is 1.52. The van der Waals surface area contributed by atoms with Crippen molar-refractivity contribution in [3.05, 3.63) is 35.5 Å². The summed E-state index contributed by atoms with van der Waals surface area (Å²) in [5.74, 6) is -0.455. The summed E-state index contributed by atoms with van der Waals surface area (Å²) < 4.78 is 10.7. The van der Waals surface area contributed by atoms with Gasteiger partial charge in [0.05, 0.1) is 35.6 Å². The molecular weight excluding hydrogens is 402 g/mol. The average Bonchev–Trinajstić information content (AvgIpc) is 3.25. The molecule has 1 amide bonds. The zero-order valence-electron chi connectivity index (χ0n) is 17.2. The van der Waals surface area contributed by atoms with Crippen LogP contribution in [-0.2, 0) is 14.3 Å². The van der Waals surface area contributed by atoms with Crippen LogP contribution in [0.2, 0.25) is 0 Å². The van der Waals surface area contributed by atoms with Gasteiger partial charge in [-0.25, -0.2) is 0 Å². The van der Waals surface area contributed by atoms with Crippen LogP contribution in [0.15, 0.2) is 30.6 Å². The van der Waals surface area contributed by atoms with Crippen LogP contribution in [0.5, 0.6) is 0 Å². The molecule has 2 aliphatic rings. The lowest BCUT2D eigenvalue weighted by Crippen LogP contribution is -2.42. The van der Waals surface area contributed by atoms with E-state index in [1.54, 1.807) is 11.1 Å². The lowest BCUT2D eigenvalue weighted by Gasteiger charge is -2.31. The number of carbonyl (C=O) groups excluding carboxylic acids is 2. The molecule has 0 spiro atoms. The Morgan fingerprint density at radius 3 is 2.87 bits per heavy atom. The van der Waals surface area contributed by atoms with Crippen LogP contribution in [0.25, 0.3) is 11.1 Å². The minimum Gasteiger partial charge on any atom is -0.466 e. The smallest absolute Gasteiger partial charge is 0.310 e. The predicted molar refractivity (Wildman–Crippen MR) is 116 cm³/mol. The fraction of sp³-hybridized carbons (Fsp3) is 0.500. The van der Waals surface area contributed by atoms with E-state index in [1.165, 1.54) is 11.3 Å². The topological polar surface area (TPSA) is 72.0 Å². The van der Waals surface area contributed by atoms with Gasteiger partial charge in [0.25, 0.3) is 5.91 Å². The second kappa shape index (κ2) is 9.57. The number of nitrogens with zero attached hydrogens (tertiary/aromatic N) is 3. The summed E-state index contributed by atoms with van der Waals surface area (Å²) in [6.07, 6.45) is 5.16. The number of morpholine rings is 1. The average molecular weight is 430 g/mol. The molecule has 2 aromatic rings. The highest BCUT2D eigenvalue weighted by atomic mass is 32.1. The third-order valence-corrected chi connectivity index (χ3v) is 6.71. The number of amides is 1. The summed E-state index contributed by atoms with van der Waals surface area (Å²) in [7, 11) is 0. The van der Waals surface area contributed by atoms with Crippen LogP contribution in [0, 0.1) is 5.92 Å². The molecule has 0 aliphatic carbocycles. The Bertz CT molecular complexity index is 880. The van der Waals surface area contributed by atoms with Gasteiger partial charge >= 0.3 is 5.97 Å². The van der Waals surface area contributed by atoms with Crippen LogP contribution in [0.4, 0.5) is 5.00 Å². The van der Waals surface area contributed by atoms with E-state index in [2.05, 4.69) is 9.88 Å². The van der Waals surface area contributed by atoms with Gasteiger partial charge < -0.3 is 19.3 Å². The van der Waals surface area contributed by atoms with E-state index in [0.717, 1.165) is 42.1 Å². The summed E-state index contributed by atoms with van der Waals surface area (Å²) in [5, 5.41) is 1.08. The van der Waals surface area contributed by atoms with Gasteiger partial charge in [-0.15, -0.1) is 11.3 Å². The number of hydrogen-bond acceptors (Lipinski definition) is 7. The van der Waals surface area contributed by atoms with Crippen molar-refractivity contribution in [2.45, 2.75) is 19.8 Å². The third-order valence-electron chi connectivity index (χ3n) is 5.52. The van der Waals surface area contributed by atoms with E-state index < -0.39 is 0 Å². The summed E-state index contributed by atoms with van der Waals surface area (Å²) in [4.78, 5) is 34.5. The first-order valence-electron chi connectivity index (χ1n) is 10.5. The Labute approximate surface area is 180 Å². The van der Waals surface area contributed by atoms with Crippen molar-refractivity contribution in [2.24, 2.45) is 5.92 Å². The van der Waals surface area contributed by atoms with Gasteiger partial charge in [0, 0.05) is 49.7 Å². The molecule has 0 bridgehead atoms. The molecule has 8 heteroatoms. The number of anilines is 1. The first kappa shape index (κ1) is 20.8. The van der Waals surface area contributed by atoms with Crippen molar-refractivity contribution in [3.63, 3.8) is 0 Å². The van der Waals surface area contributed by atoms with E-state index in [1.807, 2.05) is 31.3 Å². The summed E-state index contributed by atoms with van der Waals surface area (Å²) in [6.45, 7) is 6.23. The molecule has 2 aliphatic heterocycles. The van der Waals surface area contributed by atoms with Crippen LogP contribution >= 0.6 is 11.3 Å². The maximum Gasteiger partial charge on any atom is 0.310 e. The van der Waals surface area contributed by atoms with Gasteiger partial charge in [0.15, 0.2) is 0 Å². The molecule has 4 heterocycles. The predicted octanol–water partition coefficient (Wildman–Crippen LogP) is 3.06. The maximum absolute atomic E-state index is 13.3. The Morgan fingerprint density at radius 2 is 2.13 bits per heavy atom. The largest absolute Gasteiger partial charge is 0.466 e. The molecule has 1 atom stereocenters. The van der Waals surface area contributed by atoms with Crippen molar-refractivity contribution in [1.29, 1.82) is 0 Å². The molecule has 0 saturated carbocycles. The molecule has 2 aromatic heterocycles. The zero-order valence-corrected chi connectivity index (χ0v) is 18.0. The van der Waals surface area contributed by atoms with E-state index >= 15 is 0 Å². The third kappa shape index (κ3) is 4.49. The molecule has 4 rings (SSSR count). The van der Waals surface area contributed by atoms with Crippen molar-refractivity contribution in [1.82, 2.24) is 9.88 Å². The van der Waals surface area contributed by atoms with E-state index in [-0.39, 0.29) is 17.8 Å². The molecule has 1 unspecified atom stereocenters. The van der Waals surface area contributed by atoms with Crippen LogP contribution in [0.3, 0.4) is 0 Å². The van der Waals surface area contributed by atoms with Gasteiger partial charge in [-0.3, -0.25) is 14.6 Å². The van der Waals surface area contributed by atoms with Crippen LogP contribution in [-0.4, -0.2) is 67.8 Å². The Kier molecular flexibility index (Phi) is 6.64. The number of pyridine rings is 1. The van der Waals surface area contributed by atoms with Crippen molar-refractivity contribution in [3.8, 4) is 11.1 Å². The van der Waals surface area contributed by atoms with Crippen molar-refractivity contribution >= 4 is 28.2 Å². The molecule has 160 valence electrons. The van der Waals surface area contributed by atoms with E-state index in [0.29, 0.717) is 37.8 Å². The molecule has 0 aromatic carbocycles. The minimum atomic E-state index is -0.237. The second-order valence-electron chi connectivity index (χ2n) is 7.51. The van der Waals surface area contributed by atoms with Gasteiger partial charge in [-0.1, -0.05) is 6.07 Å². The number of piperidine rings is 1. The maximum atomic E-state index is 13.3. The van der Waals surface area contributed by atoms with Crippen molar-refractivity contribution in [2.75, 3.05) is 50.9 Å². The Hall–Kier alpha value is -2.45. The van der Waals surface area contributed by atoms with Crippen LogP contribution in [0.1, 0.15) is 29.4 Å². The first-order chi connectivity index (χ1) is 14.7. The normalized spacial score (nSPS) is 19.6. The van der Waals surface area contributed by atoms with Gasteiger partial charge in [0.2, 0.25) is 0 Å². The first-order valence-corrected chi connectivity index (χ1v) is 11.3. The lowest BCUT2D eigenvalue weighted by atomic mass is 9.98. The fourth-order valence-electron chi connectivity index (χ4n) is 3.99. The molecule has 0 N–H and O–H groups in total. The number of esters is 1. The number of likely N-dealkylation sites (tertiary alicyclic amines) is 1. The number of carbonyl (C=O) groups is 2. The van der Waals surface area contributed by atoms with Gasteiger partial charge in [0.1, 0.15) is 0 Å². The number of aromatic nitrogens is 1. The standard InChI is InChI=1S/C22H27N3O4S/c1-2-29-22(27)17-6-4-8-25(15-17)20(26)19-13-18(16-5-3-7-23-14-16)21(30-19)24-9-11-28-12-10-24/h3,5,7,13-14,17H,2,4,6,8-12,15H2,1H3. The number of thiophene rings is 1. The van der Waals surface area contributed by atoms with Gasteiger partial charge in [-0.2, -0.15) is 0 Å². The van der Waals surface area contributed by atoms with Crippen molar-refractivity contribution < 1.29 is 19.1 Å². The fourth-order valence-corrected chi connectivity index (χ4v) is 5.19. The highest BCUT2D eigenvalue weighted by Crippen LogP contribution is 2.40. The second-order valence-corrected chi connectivity index (χ2v) is 8.54. The molecule has 2 saturated heterocycles. The number of hydrogen-bond donors (Lipinski definition) is 0. The summed E-state index contributed by atoms with van der Waals surface area (Å²) in [5.41, 5.74) is 2.02. The number of ether oxygens (including phenoxy) is 2. The summed E-state index contributed by atoms with van der Waals surface area (Å²) in [6, 6.07) is 5.90. The quantitative estimate of drug-likeness (QED) is 0.681. The molecule has 7 nitrogen and oxygen atoms in total. The Morgan fingerprint density at radius 1 is 1.30 bits per heavy atom. The minimum absolute atomic E-state index is 0.0151. The SMILES string of the molecule is CCOC(=O)C1CCCN(C(=O)c2cc(-c3cccnc3)c(N3CCOCC3)s2)C1. The highest BCUT2D eigenvalue weighted by molar-refractivity contribution is 7.18. The zero-order chi connectivity index (χ0) is 20.9. The monoisotopic (exact) mass is 429 g/mol. The van der Waals surface area contributed by atoms with Gasteiger partial charge in [-0.05, 0) is 31.9 Å². The van der Waals surface area contributed by atoms with Crippen LogP contribution < -0.4 is 4.90 Å². The Balaban J connectivity index is 1.59. The molecule has 0 radical (unpaired) electrons. The lowest BCUT2D eigenvalue weighted by molar-refractivity contribution is -0.149. The van der Waals surface area contributed by atoms with E-state index in [4.69, 9.17) is 9.47 Å². The number of rotatable bonds is 5.